The van der Waals surface area contributed by atoms with E-state index in [2.05, 4.69) is 20.3 Å². The molecule has 1 amide bonds. The number of aromatic amines is 1. The van der Waals surface area contributed by atoms with E-state index in [-0.39, 0.29) is 11.1 Å². The molecule has 1 aromatic carbocycles. The monoisotopic (exact) mass is 272 g/mol. The van der Waals surface area contributed by atoms with E-state index >= 15 is 0 Å². The summed E-state index contributed by atoms with van der Waals surface area (Å²) >= 11 is 5.72. The Bertz CT molecular complexity index is 753. The number of hydrogen-bond acceptors (Lipinski definition) is 3. The second kappa shape index (κ2) is 4.70. The lowest BCUT2D eigenvalue weighted by atomic mass is 10.1. The Labute approximate surface area is 113 Å². The van der Waals surface area contributed by atoms with Crippen LogP contribution >= 0.6 is 11.6 Å². The summed E-state index contributed by atoms with van der Waals surface area (Å²) < 4.78 is 0. The van der Waals surface area contributed by atoms with Gasteiger partial charge in [-0.3, -0.25) is 9.78 Å². The molecule has 0 saturated heterocycles. The zero-order valence-electron chi connectivity index (χ0n) is 9.72. The van der Waals surface area contributed by atoms with Crippen LogP contribution in [0.5, 0.6) is 0 Å². The van der Waals surface area contributed by atoms with Gasteiger partial charge in [0.15, 0.2) is 5.82 Å². The molecule has 0 aliphatic carbocycles. The number of H-pyrrole nitrogens is 1. The number of carbonyl (C=O) groups excluding carboxylic acids is 1. The van der Waals surface area contributed by atoms with Gasteiger partial charge in [0.05, 0.1) is 12.4 Å². The number of nitrogens with one attached hydrogen (secondary N) is 2. The lowest BCUT2D eigenvalue weighted by Gasteiger charge is -2.05. The number of rotatable bonds is 2. The molecule has 0 fully saturated rings. The minimum atomic E-state index is -0.248. The molecule has 5 nitrogen and oxygen atoms in total. The topological polar surface area (TPSA) is 70.7 Å². The molecule has 0 aliphatic rings. The summed E-state index contributed by atoms with van der Waals surface area (Å²) in [6, 6.07) is 7.33. The number of halogens is 1. The van der Waals surface area contributed by atoms with Crippen LogP contribution in [0.3, 0.4) is 0 Å². The van der Waals surface area contributed by atoms with Gasteiger partial charge in [-0.2, -0.15) is 0 Å². The van der Waals surface area contributed by atoms with Gasteiger partial charge in [0.1, 0.15) is 5.15 Å². The fourth-order valence-electron chi connectivity index (χ4n) is 1.87. The van der Waals surface area contributed by atoms with Crippen molar-refractivity contribution in [2.45, 2.75) is 0 Å². The van der Waals surface area contributed by atoms with Crippen molar-refractivity contribution in [1.29, 1.82) is 0 Å². The van der Waals surface area contributed by atoms with Crippen molar-refractivity contribution in [3.63, 3.8) is 0 Å². The Morgan fingerprint density at radius 3 is 3.00 bits per heavy atom. The molecule has 3 rings (SSSR count). The summed E-state index contributed by atoms with van der Waals surface area (Å²) in [5.41, 5.74) is 1.48. The Morgan fingerprint density at radius 1 is 1.26 bits per heavy atom. The number of amides is 1. The zero-order valence-corrected chi connectivity index (χ0v) is 10.5. The van der Waals surface area contributed by atoms with Gasteiger partial charge in [0.2, 0.25) is 0 Å². The van der Waals surface area contributed by atoms with E-state index < -0.39 is 0 Å². The molecule has 2 heterocycles. The molecule has 6 heteroatoms. The molecule has 0 unspecified atom stereocenters. The van der Waals surface area contributed by atoms with E-state index in [4.69, 9.17) is 11.6 Å². The van der Waals surface area contributed by atoms with E-state index in [1.165, 1.54) is 12.4 Å². The quantitative estimate of drug-likeness (QED) is 0.753. The number of hydrogen-bond donors (Lipinski definition) is 2. The van der Waals surface area contributed by atoms with Crippen molar-refractivity contribution in [2.75, 3.05) is 5.32 Å². The maximum atomic E-state index is 12.2. The van der Waals surface area contributed by atoms with Crippen LogP contribution in [0.2, 0.25) is 5.15 Å². The maximum absolute atomic E-state index is 12.2. The first-order valence-corrected chi connectivity index (χ1v) is 5.97. The number of benzene rings is 1. The molecule has 0 atom stereocenters. The van der Waals surface area contributed by atoms with Crippen LogP contribution in [0.1, 0.15) is 10.4 Å². The molecule has 3 aromatic rings. The second-order valence-corrected chi connectivity index (χ2v) is 4.31. The third kappa shape index (κ3) is 2.28. The molecule has 0 aliphatic heterocycles. The highest BCUT2D eigenvalue weighted by atomic mass is 35.5. The molecule has 2 aromatic heterocycles. The summed E-state index contributed by atoms with van der Waals surface area (Å²) in [6.45, 7) is 0. The van der Waals surface area contributed by atoms with Crippen molar-refractivity contribution in [3.05, 3.63) is 53.6 Å². The smallest absolute Gasteiger partial charge is 0.257 e. The van der Waals surface area contributed by atoms with Gasteiger partial charge in [-0.05, 0) is 18.2 Å². The standard InChI is InChI=1S/C13H9ClN4O/c14-11-6-15-7-12(17-11)18-13(19)9-2-1-3-10-8(9)4-5-16-10/h1-7,16H,(H,17,18,19). The minimum absolute atomic E-state index is 0.234. The summed E-state index contributed by atoms with van der Waals surface area (Å²) in [5, 5.41) is 3.76. The lowest BCUT2D eigenvalue weighted by molar-refractivity contribution is 0.102. The molecule has 0 bridgehead atoms. The van der Waals surface area contributed by atoms with Crippen LogP contribution in [-0.4, -0.2) is 20.9 Å². The number of fused-ring (bicyclic) bond motifs is 1. The zero-order chi connectivity index (χ0) is 13.2. The number of aromatic nitrogens is 3. The predicted molar refractivity (Wildman–Crippen MR) is 73.3 cm³/mol. The van der Waals surface area contributed by atoms with Crippen molar-refractivity contribution < 1.29 is 4.79 Å². The van der Waals surface area contributed by atoms with Crippen molar-refractivity contribution in [1.82, 2.24) is 15.0 Å². The van der Waals surface area contributed by atoms with Crippen LogP contribution in [0, 0.1) is 0 Å². The van der Waals surface area contributed by atoms with E-state index in [1.807, 2.05) is 18.2 Å². The number of nitrogens with zero attached hydrogens (tertiary/aromatic N) is 2. The van der Waals surface area contributed by atoms with E-state index in [1.54, 1.807) is 12.3 Å². The van der Waals surface area contributed by atoms with Crippen LogP contribution in [0.25, 0.3) is 10.9 Å². The van der Waals surface area contributed by atoms with Gasteiger partial charge >= 0.3 is 0 Å². The lowest BCUT2D eigenvalue weighted by Crippen LogP contribution is -2.13. The molecule has 19 heavy (non-hydrogen) atoms. The summed E-state index contributed by atoms with van der Waals surface area (Å²) in [4.78, 5) is 23.1. The van der Waals surface area contributed by atoms with Crippen LogP contribution in [0.15, 0.2) is 42.9 Å². The fraction of sp³-hybridized carbons (Fsp3) is 0. The third-order valence-electron chi connectivity index (χ3n) is 2.69. The van der Waals surface area contributed by atoms with Crippen molar-refractivity contribution in [3.8, 4) is 0 Å². The molecule has 0 radical (unpaired) electrons. The highest BCUT2D eigenvalue weighted by molar-refractivity contribution is 6.29. The van der Waals surface area contributed by atoms with Gasteiger partial charge in [-0.15, -0.1) is 0 Å². The van der Waals surface area contributed by atoms with Gasteiger partial charge in [-0.1, -0.05) is 17.7 Å². The first-order valence-electron chi connectivity index (χ1n) is 5.59. The van der Waals surface area contributed by atoms with Gasteiger partial charge < -0.3 is 10.3 Å². The van der Waals surface area contributed by atoms with E-state index in [9.17, 15) is 4.79 Å². The highest BCUT2D eigenvalue weighted by Crippen LogP contribution is 2.18. The van der Waals surface area contributed by atoms with Crippen molar-refractivity contribution in [2.24, 2.45) is 0 Å². The Morgan fingerprint density at radius 2 is 2.16 bits per heavy atom. The number of carbonyl (C=O) groups is 1. The summed E-state index contributed by atoms with van der Waals surface area (Å²) in [7, 11) is 0. The van der Waals surface area contributed by atoms with Gasteiger partial charge in [0.25, 0.3) is 5.91 Å². The SMILES string of the molecule is O=C(Nc1cncc(Cl)n1)c1cccc2[nH]ccc12. The Balaban J connectivity index is 1.94. The van der Waals surface area contributed by atoms with E-state index in [0.717, 1.165) is 10.9 Å². The molecular weight excluding hydrogens is 264 g/mol. The molecule has 0 spiro atoms. The average molecular weight is 273 g/mol. The highest BCUT2D eigenvalue weighted by Gasteiger charge is 2.11. The van der Waals surface area contributed by atoms with Gasteiger partial charge in [-0.25, -0.2) is 4.98 Å². The second-order valence-electron chi connectivity index (χ2n) is 3.93. The van der Waals surface area contributed by atoms with Crippen LogP contribution in [-0.2, 0) is 0 Å². The Hall–Kier alpha value is -2.40. The molecular formula is C13H9ClN4O. The maximum Gasteiger partial charge on any atom is 0.257 e. The average Bonchev–Trinajstić information content (AvgIpc) is 2.86. The van der Waals surface area contributed by atoms with E-state index in [0.29, 0.717) is 11.4 Å². The summed E-state index contributed by atoms with van der Waals surface area (Å²) in [5.74, 6) is 0.0757. The Kier molecular flexibility index (Phi) is 2.89. The van der Waals surface area contributed by atoms with Crippen LogP contribution < -0.4 is 5.32 Å². The fourth-order valence-corrected chi connectivity index (χ4v) is 2.02. The van der Waals surface area contributed by atoms with Crippen molar-refractivity contribution >= 4 is 34.2 Å². The summed E-state index contributed by atoms with van der Waals surface area (Å²) in [6.07, 6.45) is 4.64. The minimum Gasteiger partial charge on any atom is -0.361 e. The largest absolute Gasteiger partial charge is 0.361 e. The normalized spacial score (nSPS) is 10.6. The molecule has 0 saturated carbocycles. The van der Waals surface area contributed by atoms with Gasteiger partial charge in [0, 0.05) is 22.7 Å². The first-order chi connectivity index (χ1) is 9.24. The predicted octanol–water partition coefficient (Wildman–Crippen LogP) is 2.86. The molecule has 2 N–H and O–H groups in total. The third-order valence-corrected chi connectivity index (χ3v) is 2.87. The first kappa shape index (κ1) is 11.7. The molecule has 94 valence electrons. The van der Waals surface area contributed by atoms with Crippen LogP contribution in [0.4, 0.5) is 5.82 Å². The number of anilines is 1.